The number of hydrogen-bond donors (Lipinski definition) is 2. The molecule has 2 amide bonds. The maximum atomic E-state index is 12.8. The summed E-state index contributed by atoms with van der Waals surface area (Å²) in [6.45, 7) is 1.02. The molecule has 4 rings (SSSR count). The average molecular weight is 582 g/mol. The van der Waals surface area contributed by atoms with Gasteiger partial charge in [-0.2, -0.15) is 4.31 Å². The van der Waals surface area contributed by atoms with Crippen molar-refractivity contribution in [3.8, 4) is 5.75 Å². The lowest BCUT2D eigenvalue weighted by Gasteiger charge is -2.25. The number of benzene rings is 2. The molecule has 1 fully saturated rings. The van der Waals surface area contributed by atoms with E-state index in [1.54, 1.807) is 18.2 Å². The highest BCUT2D eigenvalue weighted by Crippen LogP contribution is 2.29. The van der Waals surface area contributed by atoms with Crippen LogP contribution in [0, 0.1) is 0 Å². The Kier molecular flexibility index (Phi) is 9.03. The molecule has 0 bridgehead atoms. The first-order valence-electron chi connectivity index (χ1n) is 11.3. The highest BCUT2D eigenvalue weighted by atomic mass is 35.5. The van der Waals surface area contributed by atoms with Crippen LogP contribution in [0.1, 0.15) is 29.6 Å². The Hall–Kier alpha value is -2.71. The van der Waals surface area contributed by atoms with Gasteiger partial charge in [0, 0.05) is 23.7 Å². The summed E-state index contributed by atoms with van der Waals surface area (Å²) >= 11 is 8.27. The minimum Gasteiger partial charge on any atom is -0.495 e. The summed E-state index contributed by atoms with van der Waals surface area (Å²) in [6, 6.07) is 10.7. The fourth-order valence-electron chi connectivity index (χ4n) is 3.61. The van der Waals surface area contributed by atoms with E-state index < -0.39 is 15.9 Å². The van der Waals surface area contributed by atoms with Gasteiger partial charge < -0.3 is 10.1 Å². The van der Waals surface area contributed by atoms with Crippen LogP contribution < -0.4 is 15.4 Å². The molecule has 0 aliphatic carbocycles. The SMILES string of the molecule is COc1ccc(Cl)cc1NC(=O)CSc1nnc(NC(=O)c2ccc(S(=O)(=O)N3CCCCC3)cc2)s1. The van der Waals surface area contributed by atoms with E-state index in [2.05, 4.69) is 20.8 Å². The molecule has 37 heavy (non-hydrogen) atoms. The Labute approximate surface area is 227 Å². The average Bonchev–Trinajstić information content (AvgIpc) is 3.35. The van der Waals surface area contributed by atoms with Gasteiger partial charge in [0.15, 0.2) is 4.34 Å². The Bertz CT molecular complexity index is 1380. The topological polar surface area (TPSA) is 131 Å². The first kappa shape index (κ1) is 27.3. The van der Waals surface area contributed by atoms with E-state index in [4.69, 9.17) is 16.3 Å². The molecule has 1 aliphatic rings. The summed E-state index contributed by atoms with van der Waals surface area (Å²) in [6.07, 6.45) is 2.73. The van der Waals surface area contributed by atoms with Crippen LogP contribution in [0.5, 0.6) is 5.75 Å². The highest BCUT2D eigenvalue weighted by molar-refractivity contribution is 8.01. The van der Waals surface area contributed by atoms with Crippen molar-refractivity contribution in [2.45, 2.75) is 28.5 Å². The van der Waals surface area contributed by atoms with E-state index in [0.29, 0.717) is 33.9 Å². The number of piperidine rings is 1. The molecule has 0 spiro atoms. The molecule has 3 aromatic rings. The number of anilines is 2. The summed E-state index contributed by atoms with van der Waals surface area (Å²) in [5, 5.41) is 14.1. The molecule has 2 aromatic carbocycles. The van der Waals surface area contributed by atoms with Gasteiger partial charge in [0.05, 0.1) is 23.4 Å². The molecule has 196 valence electrons. The predicted molar refractivity (Wildman–Crippen MR) is 144 cm³/mol. The second-order valence-corrected chi connectivity index (χ2v) is 12.6. The van der Waals surface area contributed by atoms with Gasteiger partial charge in [0.2, 0.25) is 21.1 Å². The number of carbonyl (C=O) groups excluding carboxylic acids is 2. The van der Waals surface area contributed by atoms with Crippen LogP contribution in [0.25, 0.3) is 0 Å². The number of aromatic nitrogens is 2. The van der Waals surface area contributed by atoms with E-state index in [9.17, 15) is 18.0 Å². The van der Waals surface area contributed by atoms with Gasteiger partial charge in [-0.15, -0.1) is 10.2 Å². The van der Waals surface area contributed by atoms with Gasteiger partial charge in [0.25, 0.3) is 5.91 Å². The Morgan fingerprint density at radius 1 is 1.08 bits per heavy atom. The van der Waals surface area contributed by atoms with Crippen LogP contribution in [0.15, 0.2) is 51.7 Å². The predicted octanol–water partition coefficient (Wildman–Crippen LogP) is 4.36. The molecule has 1 aromatic heterocycles. The van der Waals surface area contributed by atoms with Gasteiger partial charge in [-0.05, 0) is 55.3 Å². The number of nitrogens with one attached hydrogen (secondary N) is 2. The molecular formula is C23H24ClN5O5S3. The normalized spacial score (nSPS) is 14.2. The molecule has 2 N–H and O–H groups in total. The first-order chi connectivity index (χ1) is 17.8. The number of carbonyl (C=O) groups is 2. The van der Waals surface area contributed by atoms with E-state index in [1.807, 2.05) is 0 Å². The second-order valence-electron chi connectivity index (χ2n) is 8.00. The molecular weight excluding hydrogens is 558 g/mol. The maximum absolute atomic E-state index is 12.8. The van der Waals surface area contributed by atoms with Gasteiger partial charge in [-0.25, -0.2) is 8.42 Å². The molecule has 14 heteroatoms. The summed E-state index contributed by atoms with van der Waals surface area (Å²) in [5.41, 5.74) is 0.748. The van der Waals surface area contributed by atoms with Crippen molar-refractivity contribution in [1.82, 2.24) is 14.5 Å². The number of halogens is 1. The molecule has 0 radical (unpaired) electrons. The number of methoxy groups -OCH3 is 1. The highest BCUT2D eigenvalue weighted by Gasteiger charge is 2.26. The smallest absolute Gasteiger partial charge is 0.257 e. The summed E-state index contributed by atoms with van der Waals surface area (Å²) < 4.78 is 32.8. The van der Waals surface area contributed by atoms with E-state index >= 15 is 0 Å². The standard InChI is InChI=1S/C23H24ClN5O5S3/c1-34-19-10-7-16(24)13-18(19)25-20(30)14-35-23-28-27-22(36-23)26-21(31)15-5-8-17(9-6-15)37(32,33)29-11-3-2-4-12-29/h5-10,13H,2-4,11-12,14H2,1H3,(H,25,30)(H,26,27,31). The second kappa shape index (κ2) is 12.2. The van der Waals surface area contributed by atoms with Crippen molar-refractivity contribution < 1.29 is 22.7 Å². The fourth-order valence-corrected chi connectivity index (χ4v) is 6.85. The number of ether oxygens (including phenoxy) is 1. The minimum atomic E-state index is -3.57. The van der Waals surface area contributed by atoms with Crippen LogP contribution in [-0.2, 0) is 14.8 Å². The third kappa shape index (κ3) is 6.99. The van der Waals surface area contributed by atoms with Crippen molar-refractivity contribution >= 4 is 67.4 Å². The van der Waals surface area contributed by atoms with E-state index in [-0.39, 0.29) is 27.3 Å². The van der Waals surface area contributed by atoms with Gasteiger partial charge in [-0.1, -0.05) is 41.1 Å². The van der Waals surface area contributed by atoms with Crippen LogP contribution in [0.2, 0.25) is 5.02 Å². The number of hydrogen-bond acceptors (Lipinski definition) is 9. The van der Waals surface area contributed by atoms with E-state index in [1.165, 1.54) is 35.7 Å². The van der Waals surface area contributed by atoms with Gasteiger partial charge in [-0.3, -0.25) is 14.9 Å². The minimum absolute atomic E-state index is 0.0607. The van der Waals surface area contributed by atoms with Crippen LogP contribution in [0.3, 0.4) is 0 Å². The van der Waals surface area contributed by atoms with Crippen molar-refractivity contribution in [1.29, 1.82) is 0 Å². The molecule has 1 aliphatic heterocycles. The zero-order chi connectivity index (χ0) is 26.4. The zero-order valence-electron chi connectivity index (χ0n) is 19.8. The van der Waals surface area contributed by atoms with Crippen LogP contribution in [0.4, 0.5) is 10.8 Å². The third-order valence-electron chi connectivity index (χ3n) is 5.46. The lowest BCUT2D eigenvalue weighted by molar-refractivity contribution is -0.113. The van der Waals surface area contributed by atoms with Crippen molar-refractivity contribution in [3.05, 3.63) is 53.1 Å². The number of thioether (sulfide) groups is 1. The molecule has 10 nitrogen and oxygen atoms in total. The molecule has 0 saturated carbocycles. The number of rotatable bonds is 9. The lowest BCUT2D eigenvalue weighted by Crippen LogP contribution is -2.35. The maximum Gasteiger partial charge on any atom is 0.257 e. The Morgan fingerprint density at radius 3 is 2.51 bits per heavy atom. The van der Waals surface area contributed by atoms with Crippen molar-refractivity contribution in [3.63, 3.8) is 0 Å². The third-order valence-corrected chi connectivity index (χ3v) is 9.58. The summed E-state index contributed by atoms with van der Waals surface area (Å²) in [4.78, 5) is 25.1. The quantitative estimate of drug-likeness (QED) is 0.281. The van der Waals surface area contributed by atoms with Gasteiger partial charge >= 0.3 is 0 Å². The molecule has 0 atom stereocenters. The van der Waals surface area contributed by atoms with Crippen LogP contribution >= 0.6 is 34.7 Å². The monoisotopic (exact) mass is 581 g/mol. The number of amides is 2. The van der Waals surface area contributed by atoms with Crippen molar-refractivity contribution in [2.24, 2.45) is 0 Å². The Morgan fingerprint density at radius 2 is 1.81 bits per heavy atom. The Balaban J connectivity index is 1.31. The number of sulfonamides is 1. The van der Waals surface area contributed by atoms with Crippen molar-refractivity contribution in [2.75, 3.05) is 36.6 Å². The summed E-state index contributed by atoms with van der Waals surface area (Å²) in [5.74, 6) is -0.183. The molecule has 1 saturated heterocycles. The largest absolute Gasteiger partial charge is 0.495 e. The zero-order valence-corrected chi connectivity index (χ0v) is 23.0. The first-order valence-corrected chi connectivity index (χ1v) is 14.9. The molecule has 2 heterocycles. The van der Waals surface area contributed by atoms with Gasteiger partial charge in [0.1, 0.15) is 5.75 Å². The lowest BCUT2D eigenvalue weighted by atomic mass is 10.2. The molecule has 0 unspecified atom stereocenters. The fraction of sp³-hybridized carbons (Fsp3) is 0.304. The van der Waals surface area contributed by atoms with Crippen LogP contribution in [-0.4, -0.2) is 60.7 Å². The van der Waals surface area contributed by atoms with E-state index in [0.717, 1.165) is 42.4 Å². The summed E-state index contributed by atoms with van der Waals surface area (Å²) in [7, 11) is -2.07. The number of nitrogens with zero attached hydrogens (tertiary/aromatic N) is 3.